The van der Waals surface area contributed by atoms with Gasteiger partial charge in [0.15, 0.2) is 5.03 Å². The molecule has 290 valence electrons. The minimum Gasteiger partial charge on any atom is -0.481 e. The summed E-state index contributed by atoms with van der Waals surface area (Å²) in [4.78, 5) is 110. The Morgan fingerprint density at radius 2 is 1.49 bits per heavy atom. The quantitative estimate of drug-likeness (QED) is 0.0108. The Balaban J connectivity index is 5.58. The SMILES string of the molecule is CCOP(=O)(O)N[C@H](C(=O)N[C@@H](C)C(=O)NCC(=O)N[C@@H](CCC(=O)O)C(=O)N[C@@H](CCCN=C(N)N[N+](=O)[O-])C(=O)NCC(=O)O)[C@@H](C)CC. The number of nitrogens with zero attached hydrogens (tertiary/aromatic N) is 2. The number of guanidine groups is 1. The average Bonchev–Trinajstić information content (AvgIpc) is 3.03. The van der Waals surface area contributed by atoms with E-state index in [1.54, 1.807) is 19.3 Å². The number of rotatable bonds is 25. The van der Waals surface area contributed by atoms with Crippen molar-refractivity contribution < 1.29 is 62.8 Å². The van der Waals surface area contributed by atoms with Crippen molar-refractivity contribution in [1.29, 1.82) is 0 Å². The number of nitrogens with two attached hydrogens (primary N) is 1. The zero-order valence-corrected chi connectivity index (χ0v) is 29.4. The van der Waals surface area contributed by atoms with Gasteiger partial charge in [0.05, 0.1) is 19.2 Å². The molecule has 0 saturated heterocycles. The average molecular weight is 755 g/mol. The highest BCUT2D eigenvalue weighted by atomic mass is 31.2. The van der Waals surface area contributed by atoms with Gasteiger partial charge in [-0.05, 0) is 39.0 Å². The van der Waals surface area contributed by atoms with E-state index in [2.05, 4.69) is 36.7 Å². The maximum absolute atomic E-state index is 13.1. The number of aliphatic imine (C=N–C) groups is 1. The van der Waals surface area contributed by atoms with E-state index >= 15 is 0 Å². The molecule has 0 aliphatic carbocycles. The van der Waals surface area contributed by atoms with Crippen LogP contribution < -0.4 is 42.8 Å². The molecule has 0 heterocycles. The fourth-order valence-electron chi connectivity index (χ4n) is 3.99. The Bertz CT molecular complexity index is 1330. The third kappa shape index (κ3) is 20.4. The maximum atomic E-state index is 13.1. The van der Waals surface area contributed by atoms with Crippen LogP contribution in [-0.4, -0.2) is 118 Å². The smallest absolute Gasteiger partial charge is 0.403 e. The van der Waals surface area contributed by atoms with Gasteiger partial charge in [-0.3, -0.25) is 38.1 Å². The van der Waals surface area contributed by atoms with Gasteiger partial charge in [0, 0.05) is 13.0 Å². The first kappa shape index (κ1) is 46.1. The van der Waals surface area contributed by atoms with Crippen LogP contribution in [0.25, 0.3) is 0 Å². The summed E-state index contributed by atoms with van der Waals surface area (Å²) in [6, 6.07) is -5.46. The molecule has 51 heavy (non-hydrogen) atoms. The molecule has 0 aliphatic rings. The first-order valence-electron chi connectivity index (χ1n) is 15.6. The normalized spacial score (nSPS) is 15.4. The second-order valence-corrected chi connectivity index (χ2v) is 12.4. The number of aliphatic carboxylic acids is 2. The first-order valence-corrected chi connectivity index (χ1v) is 17.2. The van der Waals surface area contributed by atoms with E-state index in [1.807, 2.05) is 0 Å². The van der Waals surface area contributed by atoms with Gasteiger partial charge in [-0.1, -0.05) is 25.7 Å². The third-order valence-electron chi connectivity index (χ3n) is 6.76. The van der Waals surface area contributed by atoms with Gasteiger partial charge in [0.2, 0.25) is 29.5 Å². The fourth-order valence-corrected chi connectivity index (χ4v) is 5.14. The summed E-state index contributed by atoms with van der Waals surface area (Å²) >= 11 is 0. The van der Waals surface area contributed by atoms with E-state index < -0.39 is 116 Å². The van der Waals surface area contributed by atoms with Crippen molar-refractivity contribution in [3.63, 3.8) is 0 Å². The number of amides is 5. The van der Waals surface area contributed by atoms with Crippen LogP contribution in [-0.2, 0) is 42.7 Å². The summed E-state index contributed by atoms with van der Waals surface area (Å²) in [5, 5.41) is 41.0. The van der Waals surface area contributed by atoms with Gasteiger partial charge in [0.1, 0.15) is 24.7 Å². The molecule has 5 amide bonds. The van der Waals surface area contributed by atoms with E-state index in [-0.39, 0.29) is 26.0 Å². The molecule has 0 radical (unpaired) electrons. The van der Waals surface area contributed by atoms with Gasteiger partial charge < -0.3 is 47.4 Å². The highest BCUT2D eigenvalue weighted by molar-refractivity contribution is 7.50. The Hall–Kier alpha value is -4.93. The lowest BCUT2D eigenvalue weighted by atomic mass is 9.99. The number of carboxylic acid groups (broad SMARTS) is 2. The number of nitrogens with one attached hydrogen (secondary N) is 7. The van der Waals surface area contributed by atoms with Gasteiger partial charge in [-0.15, -0.1) is 0 Å². The Morgan fingerprint density at radius 1 is 0.882 bits per heavy atom. The van der Waals surface area contributed by atoms with Gasteiger partial charge in [0.25, 0.3) is 5.96 Å². The molecule has 0 rings (SSSR count). The first-order chi connectivity index (χ1) is 23.7. The summed E-state index contributed by atoms with van der Waals surface area (Å²) < 4.78 is 17.0. The number of hydrogen-bond donors (Lipinski definition) is 11. The predicted molar refractivity (Wildman–Crippen MR) is 176 cm³/mol. The van der Waals surface area contributed by atoms with Crippen molar-refractivity contribution >= 4 is 55.2 Å². The van der Waals surface area contributed by atoms with Gasteiger partial charge in [-0.25, -0.2) is 24.8 Å². The lowest BCUT2D eigenvalue weighted by Gasteiger charge is -2.26. The zero-order chi connectivity index (χ0) is 39.3. The van der Waals surface area contributed by atoms with Crippen LogP contribution in [0.5, 0.6) is 0 Å². The second-order valence-electron chi connectivity index (χ2n) is 10.9. The topological polar surface area (TPSA) is 372 Å². The lowest BCUT2D eigenvalue weighted by Crippen LogP contribution is -2.56. The fraction of sp³-hybridized carbons (Fsp3) is 0.692. The molecule has 0 saturated carbocycles. The second kappa shape index (κ2) is 23.5. The Labute approximate surface area is 292 Å². The largest absolute Gasteiger partial charge is 0.481 e. The van der Waals surface area contributed by atoms with Crippen molar-refractivity contribution in [1.82, 2.24) is 37.1 Å². The number of nitro groups is 1. The van der Waals surface area contributed by atoms with Crippen molar-refractivity contribution in [2.24, 2.45) is 16.6 Å². The van der Waals surface area contributed by atoms with Crippen LogP contribution in [0.3, 0.4) is 0 Å². The van der Waals surface area contributed by atoms with Gasteiger partial charge >= 0.3 is 19.7 Å². The standard InChI is InChI=1S/C26H47N10O14P/c1-5-14(3)21(35-51(48,49)50-6-2)25(45)31-15(4)22(42)29-12-18(37)32-17(9-10-19(38)39)24(44)33-16(23(43)30-13-20(40)41)8-7-11-28-26(27)34-36(46)47/h14-17,21H,5-13H2,1-4H3,(H,29,42)(H,30,43)(H,31,45)(H,32,37)(H,33,44)(H,38,39)(H,40,41)(H3,27,28,34)(H2,35,48,49)/t14-,15-,16-,17-,21-/m0/s1. The summed E-state index contributed by atoms with van der Waals surface area (Å²) in [5.41, 5.74) is 6.93. The minimum atomic E-state index is -4.35. The number of carboxylic acids is 2. The van der Waals surface area contributed by atoms with E-state index in [9.17, 15) is 53.1 Å². The molecule has 1 unspecified atom stereocenters. The molecule has 0 bridgehead atoms. The summed E-state index contributed by atoms with van der Waals surface area (Å²) in [6.07, 6.45) is -0.865. The van der Waals surface area contributed by atoms with E-state index in [0.29, 0.717) is 6.42 Å². The number of carbonyl (C=O) groups excluding carboxylic acids is 5. The molecular formula is C26H47N10O14P. The molecule has 0 spiro atoms. The third-order valence-corrected chi connectivity index (χ3v) is 7.97. The monoisotopic (exact) mass is 754 g/mol. The maximum Gasteiger partial charge on any atom is 0.403 e. The molecule has 0 fully saturated rings. The minimum absolute atomic E-state index is 0.00155. The van der Waals surface area contributed by atoms with Crippen LogP contribution in [0, 0.1) is 16.0 Å². The molecule has 25 heteroatoms. The highest BCUT2D eigenvalue weighted by Gasteiger charge is 2.33. The Morgan fingerprint density at radius 3 is 2.04 bits per heavy atom. The van der Waals surface area contributed by atoms with Crippen molar-refractivity contribution in [3.05, 3.63) is 10.1 Å². The molecule has 0 aromatic rings. The number of hydrazine groups is 1. The predicted octanol–water partition coefficient (Wildman–Crippen LogP) is -3.34. The van der Waals surface area contributed by atoms with Crippen LogP contribution in [0.4, 0.5) is 0 Å². The molecule has 12 N–H and O–H groups in total. The molecule has 24 nitrogen and oxygen atoms in total. The molecule has 0 aromatic heterocycles. The lowest BCUT2D eigenvalue weighted by molar-refractivity contribution is -0.525. The van der Waals surface area contributed by atoms with Crippen LogP contribution in [0.15, 0.2) is 4.99 Å². The summed E-state index contributed by atoms with van der Waals surface area (Å²) in [7, 11) is -4.35. The Kier molecular flexibility index (Phi) is 21.2. The van der Waals surface area contributed by atoms with Crippen LogP contribution in [0.1, 0.15) is 59.8 Å². The molecule has 0 aromatic carbocycles. The van der Waals surface area contributed by atoms with Crippen molar-refractivity contribution in [2.75, 3.05) is 26.2 Å². The van der Waals surface area contributed by atoms with E-state index in [0.717, 1.165) is 0 Å². The summed E-state index contributed by atoms with van der Waals surface area (Å²) in [5.74, 6) is -8.38. The van der Waals surface area contributed by atoms with Crippen LogP contribution in [0.2, 0.25) is 0 Å². The van der Waals surface area contributed by atoms with Crippen LogP contribution >= 0.6 is 7.75 Å². The molecule has 0 aliphatic heterocycles. The molecular weight excluding hydrogens is 707 g/mol. The van der Waals surface area contributed by atoms with E-state index in [4.69, 9.17) is 20.5 Å². The number of carbonyl (C=O) groups is 7. The van der Waals surface area contributed by atoms with E-state index in [1.165, 1.54) is 13.8 Å². The number of hydrogen-bond acceptors (Lipinski definition) is 12. The van der Waals surface area contributed by atoms with Crippen molar-refractivity contribution in [3.8, 4) is 0 Å². The van der Waals surface area contributed by atoms with Gasteiger partial charge in [-0.2, -0.15) is 0 Å². The highest BCUT2D eigenvalue weighted by Crippen LogP contribution is 2.38. The molecule has 6 atom stereocenters. The van der Waals surface area contributed by atoms with Crippen molar-refractivity contribution in [2.45, 2.75) is 84.0 Å². The zero-order valence-electron chi connectivity index (χ0n) is 28.5. The summed E-state index contributed by atoms with van der Waals surface area (Å²) in [6.45, 7) is 4.28.